The highest BCUT2D eigenvalue weighted by Gasteiger charge is 2.23. The smallest absolute Gasteiger partial charge is 0.264 e. The number of methoxy groups -OCH3 is 2. The monoisotopic (exact) mass is 418 g/mol. The van der Waals surface area contributed by atoms with Crippen LogP contribution in [0.3, 0.4) is 0 Å². The summed E-state index contributed by atoms with van der Waals surface area (Å²) in [5, 5.41) is 3.33. The van der Waals surface area contributed by atoms with Crippen molar-refractivity contribution in [3.63, 3.8) is 0 Å². The van der Waals surface area contributed by atoms with E-state index in [0.29, 0.717) is 10.1 Å². The number of amides is 1. The topological polar surface area (TPSA) is 59.9 Å². The molecule has 0 aromatic heterocycles. The molecule has 5 nitrogen and oxygen atoms in total. The number of hydrogen-bond acceptors (Lipinski definition) is 5. The van der Waals surface area contributed by atoms with Gasteiger partial charge >= 0.3 is 0 Å². The van der Waals surface area contributed by atoms with Crippen molar-refractivity contribution in [3.8, 4) is 11.5 Å². The van der Waals surface area contributed by atoms with Gasteiger partial charge in [-0.15, -0.1) is 0 Å². The quantitative estimate of drug-likeness (QED) is 0.749. The van der Waals surface area contributed by atoms with Crippen LogP contribution in [-0.2, 0) is 4.79 Å². The second-order valence-electron chi connectivity index (χ2n) is 5.07. The Balaban J connectivity index is 1.79. The van der Waals surface area contributed by atoms with E-state index in [-0.39, 0.29) is 5.91 Å². The maximum atomic E-state index is 12.2. The third kappa shape index (κ3) is 4.24. The minimum atomic E-state index is -0.163. The third-order valence-electron chi connectivity index (χ3n) is 3.43. The summed E-state index contributed by atoms with van der Waals surface area (Å²) < 4.78 is 11.2. The fourth-order valence-corrected chi connectivity index (χ4v) is 3.58. The predicted molar refractivity (Wildman–Crippen MR) is 104 cm³/mol. The van der Waals surface area contributed by atoms with Crippen molar-refractivity contribution < 1.29 is 14.3 Å². The van der Waals surface area contributed by atoms with Crippen molar-refractivity contribution >= 4 is 50.5 Å². The Bertz CT molecular complexity index is 863. The molecule has 0 aliphatic carbocycles. The Morgan fingerprint density at radius 2 is 1.88 bits per heavy atom. The maximum Gasteiger partial charge on any atom is 0.264 e. The zero-order chi connectivity index (χ0) is 17.8. The van der Waals surface area contributed by atoms with E-state index in [2.05, 4.69) is 26.2 Å². The first-order valence-corrected chi connectivity index (χ1v) is 8.97. The lowest BCUT2D eigenvalue weighted by atomic mass is 10.2. The summed E-state index contributed by atoms with van der Waals surface area (Å²) in [7, 11) is 3.23. The normalized spacial score (nSPS) is 17.0. The molecule has 0 spiro atoms. The maximum absolute atomic E-state index is 12.2. The summed E-state index contributed by atoms with van der Waals surface area (Å²) in [6.45, 7) is 0. The fourth-order valence-electron chi connectivity index (χ4n) is 2.18. The summed E-state index contributed by atoms with van der Waals surface area (Å²) in [6, 6.07) is 13.0. The van der Waals surface area contributed by atoms with Gasteiger partial charge in [-0.2, -0.15) is 0 Å². The van der Waals surface area contributed by atoms with Gasteiger partial charge in [-0.3, -0.25) is 4.79 Å². The number of thioether (sulfide) groups is 1. The van der Waals surface area contributed by atoms with Gasteiger partial charge in [0.25, 0.3) is 5.91 Å². The van der Waals surface area contributed by atoms with Gasteiger partial charge in [0.15, 0.2) is 5.17 Å². The molecular weight excluding hydrogens is 404 g/mol. The van der Waals surface area contributed by atoms with Gasteiger partial charge in [-0.25, -0.2) is 4.99 Å². The highest BCUT2D eigenvalue weighted by atomic mass is 79.9. The number of carbonyl (C=O) groups is 1. The Morgan fingerprint density at radius 3 is 2.52 bits per heavy atom. The van der Waals surface area contributed by atoms with E-state index in [1.165, 1.54) is 11.8 Å². The van der Waals surface area contributed by atoms with E-state index in [4.69, 9.17) is 9.47 Å². The summed E-state index contributed by atoms with van der Waals surface area (Å²) in [4.78, 5) is 17.2. The number of rotatable bonds is 4. The lowest BCUT2D eigenvalue weighted by Crippen LogP contribution is -2.19. The number of benzene rings is 2. The van der Waals surface area contributed by atoms with Crippen molar-refractivity contribution in [2.75, 3.05) is 14.2 Å². The van der Waals surface area contributed by atoms with Crippen LogP contribution in [0, 0.1) is 0 Å². The van der Waals surface area contributed by atoms with Crippen LogP contribution < -0.4 is 14.8 Å². The van der Waals surface area contributed by atoms with Crippen LogP contribution in [0.5, 0.6) is 11.5 Å². The van der Waals surface area contributed by atoms with Crippen LogP contribution in [-0.4, -0.2) is 25.3 Å². The van der Waals surface area contributed by atoms with Crippen LogP contribution in [0.1, 0.15) is 5.56 Å². The first-order valence-electron chi connectivity index (χ1n) is 7.36. The molecule has 128 valence electrons. The largest absolute Gasteiger partial charge is 0.497 e. The molecule has 0 bridgehead atoms. The van der Waals surface area contributed by atoms with Crippen molar-refractivity contribution in [1.29, 1.82) is 0 Å². The van der Waals surface area contributed by atoms with Gasteiger partial charge in [-0.05, 0) is 75.7 Å². The number of nitrogens with zero attached hydrogens (tertiary/aromatic N) is 1. The molecule has 0 saturated carbocycles. The molecule has 0 unspecified atom stereocenters. The minimum Gasteiger partial charge on any atom is -0.497 e. The average Bonchev–Trinajstić information content (AvgIpc) is 2.95. The first-order chi connectivity index (χ1) is 12.1. The lowest BCUT2D eigenvalue weighted by molar-refractivity contribution is -0.115. The molecule has 1 amide bonds. The third-order valence-corrected chi connectivity index (χ3v) is 4.96. The number of carbonyl (C=O) groups excluding carboxylic acids is 1. The molecule has 1 heterocycles. The molecule has 0 radical (unpaired) electrons. The Hall–Kier alpha value is -2.25. The number of halogens is 1. The number of amidine groups is 1. The number of nitrogens with one attached hydrogen (secondary N) is 1. The van der Waals surface area contributed by atoms with E-state index >= 15 is 0 Å². The first kappa shape index (κ1) is 17.6. The zero-order valence-corrected chi connectivity index (χ0v) is 16.0. The van der Waals surface area contributed by atoms with Crippen LogP contribution in [0.2, 0.25) is 0 Å². The Labute approximate surface area is 158 Å². The molecule has 2 aromatic carbocycles. The molecular formula is C18H15BrN2O3S. The molecule has 1 saturated heterocycles. The van der Waals surface area contributed by atoms with E-state index in [9.17, 15) is 4.79 Å². The molecule has 1 N–H and O–H groups in total. The van der Waals surface area contributed by atoms with Gasteiger partial charge in [0.05, 0.1) is 29.3 Å². The number of ether oxygens (including phenoxy) is 2. The van der Waals surface area contributed by atoms with Crippen molar-refractivity contribution in [1.82, 2.24) is 5.32 Å². The van der Waals surface area contributed by atoms with Crippen LogP contribution in [0.15, 0.2) is 56.8 Å². The van der Waals surface area contributed by atoms with Crippen molar-refractivity contribution in [2.45, 2.75) is 0 Å². The summed E-state index contributed by atoms with van der Waals surface area (Å²) in [5.41, 5.74) is 1.65. The van der Waals surface area contributed by atoms with E-state index in [0.717, 1.165) is 27.2 Å². The molecule has 1 fully saturated rings. The van der Waals surface area contributed by atoms with Gasteiger partial charge in [-0.1, -0.05) is 6.07 Å². The molecule has 1 aliphatic rings. The second-order valence-corrected chi connectivity index (χ2v) is 6.96. The SMILES string of the molecule is COc1ccc(N=C2NC(=O)/C(=C/c3ccc(OC)c(Br)c3)S2)cc1. The Kier molecular flexibility index (Phi) is 5.45. The van der Waals surface area contributed by atoms with Crippen molar-refractivity contribution in [3.05, 3.63) is 57.4 Å². The minimum absolute atomic E-state index is 0.163. The summed E-state index contributed by atoms with van der Waals surface area (Å²) >= 11 is 4.75. The van der Waals surface area contributed by atoms with Gasteiger partial charge in [0.1, 0.15) is 11.5 Å². The van der Waals surface area contributed by atoms with E-state index in [1.807, 2.05) is 48.5 Å². The van der Waals surface area contributed by atoms with Gasteiger partial charge in [0.2, 0.25) is 0 Å². The number of aliphatic imine (C=N–C) groups is 1. The predicted octanol–water partition coefficient (Wildman–Crippen LogP) is 4.36. The van der Waals surface area contributed by atoms with Crippen LogP contribution in [0.25, 0.3) is 6.08 Å². The highest BCUT2D eigenvalue weighted by molar-refractivity contribution is 9.10. The van der Waals surface area contributed by atoms with E-state index < -0.39 is 0 Å². The van der Waals surface area contributed by atoms with E-state index in [1.54, 1.807) is 14.2 Å². The molecule has 3 rings (SSSR count). The highest BCUT2D eigenvalue weighted by Crippen LogP contribution is 2.31. The fraction of sp³-hybridized carbons (Fsp3) is 0.111. The standard InChI is InChI=1S/C18H15BrN2O3S/c1-23-13-6-4-12(5-7-13)20-18-21-17(22)16(25-18)10-11-3-8-15(24-2)14(19)9-11/h3-10H,1-2H3,(H,20,21,22)/b16-10-. The average molecular weight is 419 g/mol. The number of hydrogen-bond donors (Lipinski definition) is 1. The lowest BCUT2D eigenvalue weighted by Gasteiger charge is -2.03. The molecule has 0 atom stereocenters. The molecule has 2 aromatic rings. The second kappa shape index (κ2) is 7.76. The Morgan fingerprint density at radius 1 is 1.12 bits per heavy atom. The van der Waals surface area contributed by atoms with Gasteiger partial charge < -0.3 is 14.8 Å². The van der Waals surface area contributed by atoms with Crippen LogP contribution in [0.4, 0.5) is 5.69 Å². The summed E-state index contributed by atoms with van der Waals surface area (Å²) in [6.07, 6.45) is 1.82. The summed E-state index contributed by atoms with van der Waals surface area (Å²) in [5.74, 6) is 1.34. The molecule has 25 heavy (non-hydrogen) atoms. The molecule has 1 aliphatic heterocycles. The molecule has 7 heteroatoms. The van der Waals surface area contributed by atoms with Crippen molar-refractivity contribution in [2.24, 2.45) is 4.99 Å². The van der Waals surface area contributed by atoms with Gasteiger partial charge in [0, 0.05) is 0 Å². The zero-order valence-electron chi connectivity index (χ0n) is 13.6. The van der Waals surface area contributed by atoms with Crippen LogP contribution >= 0.6 is 27.7 Å².